The van der Waals surface area contributed by atoms with E-state index in [-0.39, 0.29) is 6.54 Å². The van der Waals surface area contributed by atoms with Crippen molar-refractivity contribution >= 4 is 10.0 Å². The molecule has 0 saturated carbocycles. The molecule has 8 heteroatoms. The summed E-state index contributed by atoms with van der Waals surface area (Å²) in [5.41, 5.74) is 0. The minimum atomic E-state index is -4.31. The minimum absolute atomic E-state index is 0.0967. The molecule has 0 aliphatic rings. The van der Waals surface area contributed by atoms with Crippen LogP contribution in [0, 0.1) is 17.5 Å². The lowest BCUT2D eigenvalue weighted by Gasteiger charge is -2.17. The smallest absolute Gasteiger partial charge is 0.248 e. The average molecular weight is 296 g/mol. The van der Waals surface area contributed by atoms with E-state index in [0.29, 0.717) is 25.1 Å². The lowest BCUT2D eigenvalue weighted by Crippen LogP contribution is -2.31. The second kappa shape index (κ2) is 6.36. The summed E-state index contributed by atoms with van der Waals surface area (Å²) >= 11 is 0. The topological polar surface area (TPSA) is 49.4 Å². The fraction of sp³-hybridized carbons (Fsp3) is 0.455. The van der Waals surface area contributed by atoms with Gasteiger partial charge in [-0.15, -0.1) is 0 Å². The van der Waals surface area contributed by atoms with Crippen molar-refractivity contribution in [2.45, 2.75) is 11.3 Å². The highest BCUT2D eigenvalue weighted by molar-refractivity contribution is 7.89. The fourth-order valence-corrected chi connectivity index (χ4v) is 2.82. The second-order valence-electron chi connectivity index (χ2n) is 3.98. The van der Waals surface area contributed by atoms with Crippen molar-refractivity contribution in [2.75, 3.05) is 27.2 Å². The molecule has 0 heterocycles. The van der Waals surface area contributed by atoms with E-state index in [1.807, 2.05) is 0 Å². The van der Waals surface area contributed by atoms with Gasteiger partial charge in [-0.1, -0.05) is 0 Å². The third-order valence-corrected chi connectivity index (χ3v) is 4.44. The van der Waals surface area contributed by atoms with Crippen LogP contribution in [-0.2, 0) is 10.0 Å². The largest absolute Gasteiger partial charge is 0.320 e. The summed E-state index contributed by atoms with van der Waals surface area (Å²) in [5.74, 6) is -4.03. The molecule has 0 aliphatic heterocycles. The molecule has 0 aliphatic carbocycles. The molecule has 4 nitrogen and oxygen atoms in total. The molecule has 0 saturated heterocycles. The molecule has 0 atom stereocenters. The summed E-state index contributed by atoms with van der Waals surface area (Å²) in [4.78, 5) is -1.12. The standard InChI is InChI=1S/C11H15F3N2O2S/c1-15-4-3-5-16(2)19(17,18)11-9(13)6-8(12)7-10(11)14/h6-7,15H,3-5H2,1-2H3. The Morgan fingerprint density at radius 2 is 1.74 bits per heavy atom. The normalized spacial score (nSPS) is 12.1. The molecular weight excluding hydrogens is 281 g/mol. The molecule has 1 N–H and O–H groups in total. The van der Waals surface area contributed by atoms with Gasteiger partial charge in [-0.05, 0) is 20.0 Å². The van der Waals surface area contributed by atoms with Crippen LogP contribution in [-0.4, -0.2) is 39.9 Å². The first-order chi connectivity index (χ1) is 8.80. The SMILES string of the molecule is CNCCCN(C)S(=O)(=O)c1c(F)cc(F)cc1F. The number of hydrogen-bond donors (Lipinski definition) is 1. The number of nitrogens with one attached hydrogen (secondary N) is 1. The molecule has 0 spiro atoms. The maximum atomic E-state index is 13.5. The van der Waals surface area contributed by atoms with Crippen molar-refractivity contribution in [3.05, 3.63) is 29.6 Å². The molecule has 1 aromatic carbocycles. The maximum absolute atomic E-state index is 13.5. The van der Waals surface area contributed by atoms with E-state index in [9.17, 15) is 21.6 Å². The molecule has 1 aromatic rings. The Balaban J connectivity index is 3.07. The van der Waals surface area contributed by atoms with Crippen molar-refractivity contribution in [1.29, 1.82) is 0 Å². The first-order valence-electron chi connectivity index (χ1n) is 5.56. The summed E-state index contributed by atoms with van der Waals surface area (Å²) in [6, 6.07) is 0.689. The number of rotatable bonds is 6. The second-order valence-corrected chi connectivity index (χ2v) is 5.96. The molecule has 108 valence electrons. The predicted molar refractivity (Wildman–Crippen MR) is 64.7 cm³/mol. The van der Waals surface area contributed by atoms with Gasteiger partial charge < -0.3 is 5.32 Å². The molecule has 0 radical (unpaired) electrons. The third-order valence-electron chi connectivity index (χ3n) is 2.53. The van der Waals surface area contributed by atoms with Crippen molar-refractivity contribution in [3.63, 3.8) is 0 Å². The van der Waals surface area contributed by atoms with Gasteiger partial charge in [-0.25, -0.2) is 25.9 Å². The Kier molecular flexibility index (Phi) is 5.33. The van der Waals surface area contributed by atoms with Gasteiger partial charge in [0.15, 0.2) is 4.90 Å². The monoisotopic (exact) mass is 296 g/mol. The van der Waals surface area contributed by atoms with Crippen molar-refractivity contribution in [3.8, 4) is 0 Å². The van der Waals surface area contributed by atoms with E-state index in [2.05, 4.69) is 5.32 Å². The van der Waals surface area contributed by atoms with Crippen LogP contribution in [0.3, 0.4) is 0 Å². The average Bonchev–Trinajstić information content (AvgIpc) is 2.27. The minimum Gasteiger partial charge on any atom is -0.320 e. The molecule has 19 heavy (non-hydrogen) atoms. The van der Waals surface area contributed by atoms with E-state index in [0.717, 1.165) is 4.31 Å². The van der Waals surface area contributed by atoms with Crippen LogP contribution in [0.1, 0.15) is 6.42 Å². The van der Waals surface area contributed by atoms with Crippen LogP contribution in [0.2, 0.25) is 0 Å². The van der Waals surface area contributed by atoms with Gasteiger partial charge in [0.25, 0.3) is 0 Å². The van der Waals surface area contributed by atoms with Gasteiger partial charge in [0.2, 0.25) is 10.0 Å². The third kappa shape index (κ3) is 3.68. The Morgan fingerprint density at radius 3 is 2.21 bits per heavy atom. The fourth-order valence-electron chi connectivity index (χ4n) is 1.53. The van der Waals surface area contributed by atoms with E-state index in [4.69, 9.17) is 0 Å². The number of halogens is 3. The lowest BCUT2D eigenvalue weighted by molar-refractivity contribution is 0.439. The van der Waals surface area contributed by atoms with Gasteiger partial charge in [-0.3, -0.25) is 0 Å². The molecule has 0 aromatic heterocycles. The maximum Gasteiger partial charge on any atom is 0.248 e. The quantitative estimate of drug-likeness (QED) is 0.806. The Labute approximate surface area is 110 Å². The highest BCUT2D eigenvalue weighted by Crippen LogP contribution is 2.23. The summed E-state index contributed by atoms with van der Waals surface area (Å²) in [6.07, 6.45) is 0.483. The first kappa shape index (κ1) is 15.9. The zero-order valence-corrected chi connectivity index (χ0v) is 11.4. The Morgan fingerprint density at radius 1 is 1.21 bits per heavy atom. The van der Waals surface area contributed by atoms with Gasteiger partial charge in [-0.2, -0.15) is 0 Å². The molecule has 0 fully saturated rings. The van der Waals surface area contributed by atoms with E-state index < -0.39 is 32.4 Å². The van der Waals surface area contributed by atoms with E-state index in [1.165, 1.54) is 7.05 Å². The Bertz CT molecular complexity index is 526. The van der Waals surface area contributed by atoms with Crippen LogP contribution in [0.25, 0.3) is 0 Å². The molecular formula is C11H15F3N2O2S. The highest BCUT2D eigenvalue weighted by atomic mass is 32.2. The van der Waals surface area contributed by atoms with Crippen molar-refractivity contribution < 1.29 is 21.6 Å². The molecule has 1 rings (SSSR count). The summed E-state index contributed by atoms with van der Waals surface area (Å²) < 4.78 is 64.5. The summed E-state index contributed by atoms with van der Waals surface area (Å²) in [6.45, 7) is 0.660. The summed E-state index contributed by atoms with van der Waals surface area (Å²) in [5, 5.41) is 2.83. The number of sulfonamides is 1. The van der Waals surface area contributed by atoms with E-state index >= 15 is 0 Å². The van der Waals surface area contributed by atoms with Gasteiger partial charge in [0.1, 0.15) is 17.5 Å². The van der Waals surface area contributed by atoms with Crippen molar-refractivity contribution in [1.82, 2.24) is 9.62 Å². The Hall–Kier alpha value is -1.12. The van der Waals surface area contributed by atoms with E-state index in [1.54, 1.807) is 7.05 Å². The first-order valence-corrected chi connectivity index (χ1v) is 7.00. The van der Waals surface area contributed by atoms with Crippen LogP contribution in [0.5, 0.6) is 0 Å². The number of hydrogen-bond acceptors (Lipinski definition) is 3. The lowest BCUT2D eigenvalue weighted by atomic mass is 10.3. The predicted octanol–water partition coefficient (Wildman–Crippen LogP) is 1.33. The van der Waals surface area contributed by atoms with Gasteiger partial charge >= 0.3 is 0 Å². The van der Waals surface area contributed by atoms with Crippen LogP contribution < -0.4 is 5.32 Å². The van der Waals surface area contributed by atoms with Gasteiger partial charge in [0.05, 0.1) is 0 Å². The van der Waals surface area contributed by atoms with Crippen LogP contribution in [0.4, 0.5) is 13.2 Å². The van der Waals surface area contributed by atoms with Crippen molar-refractivity contribution in [2.24, 2.45) is 0 Å². The van der Waals surface area contributed by atoms with Crippen LogP contribution >= 0.6 is 0 Å². The summed E-state index contributed by atoms with van der Waals surface area (Å²) in [7, 11) is -1.39. The molecule has 0 bridgehead atoms. The zero-order chi connectivity index (χ0) is 14.6. The molecule has 0 amide bonds. The highest BCUT2D eigenvalue weighted by Gasteiger charge is 2.28. The number of benzene rings is 1. The van der Waals surface area contributed by atoms with Gasteiger partial charge in [0, 0.05) is 25.7 Å². The number of nitrogens with zero attached hydrogens (tertiary/aromatic N) is 1. The molecule has 0 unspecified atom stereocenters. The van der Waals surface area contributed by atoms with Crippen LogP contribution in [0.15, 0.2) is 17.0 Å². The zero-order valence-electron chi connectivity index (χ0n) is 10.6.